The first kappa shape index (κ1) is 9.22. The predicted molar refractivity (Wildman–Crippen MR) is 59.0 cm³/mol. The van der Waals surface area contributed by atoms with Crippen molar-refractivity contribution in [1.82, 2.24) is 5.32 Å². The van der Waals surface area contributed by atoms with Crippen LogP contribution in [-0.2, 0) is 12.8 Å². The van der Waals surface area contributed by atoms with Crippen molar-refractivity contribution in [3.05, 3.63) is 33.8 Å². The molecule has 0 saturated heterocycles. The maximum Gasteiger partial charge on any atom is 0.0178 e. The summed E-state index contributed by atoms with van der Waals surface area (Å²) >= 11 is 3.51. The Morgan fingerprint density at radius 2 is 2.23 bits per heavy atom. The number of halogens is 1. The Morgan fingerprint density at radius 3 is 3.00 bits per heavy atom. The van der Waals surface area contributed by atoms with Crippen molar-refractivity contribution in [3.8, 4) is 0 Å². The van der Waals surface area contributed by atoms with Gasteiger partial charge in [0.25, 0.3) is 0 Å². The molecule has 13 heavy (non-hydrogen) atoms. The summed E-state index contributed by atoms with van der Waals surface area (Å²) in [6, 6.07) is 7.30. The highest BCUT2D eigenvalue weighted by Crippen LogP contribution is 2.24. The molecule has 0 bridgehead atoms. The molecular weight excluding hydrogens is 226 g/mol. The molecule has 1 N–H and O–H groups in total. The lowest BCUT2D eigenvalue weighted by molar-refractivity contribution is 0.496. The fourth-order valence-corrected chi connectivity index (χ4v) is 2.38. The van der Waals surface area contributed by atoms with Gasteiger partial charge in [-0.1, -0.05) is 22.0 Å². The van der Waals surface area contributed by atoms with Crippen molar-refractivity contribution in [2.24, 2.45) is 0 Å². The molecule has 0 aromatic heterocycles. The van der Waals surface area contributed by atoms with Crippen molar-refractivity contribution in [1.29, 1.82) is 0 Å². The van der Waals surface area contributed by atoms with Crippen LogP contribution in [0.15, 0.2) is 22.7 Å². The number of rotatable bonds is 1. The lowest BCUT2D eigenvalue weighted by Crippen LogP contribution is -2.31. The minimum absolute atomic E-state index is 0.675. The van der Waals surface area contributed by atoms with E-state index < -0.39 is 0 Å². The summed E-state index contributed by atoms with van der Waals surface area (Å²) in [6.45, 7) is 0. The maximum atomic E-state index is 3.51. The molecule has 0 aliphatic heterocycles. The van der Waals surface area contributed by atoms with Gasteiger partial charge in [-0.25, -0.2) is 0 Å². The molecule has 1 nitrogen and oxygen atoms in total. The molecule has 0 radical (unpaired) electrons. The van der Waals surface area contributed by atoms with Crippen LogP contribution < -0.4 is 5.32 Å². The van der Waals surface area contributed by atoms with Gasteiger partial charge in [0.1, 0.15) is 0 Å². The number of hydrogen-bond acceptors (Lipinski definition) is 1. The van der Waals surface area contributed by atoms with Crippen LogP contribution in [0.3, 0.4) is 0 Å². The van der Waals surface area contributed by atoms with E-state index in [1.807, 2.05) is 0 Å². The molecule has 70 valence electrons. The molecule has 0 spiro atoms. The molecule has 0 saturated carbocycles. The van der Waals surface area contributed by atoms with Crippen LogP contribution >= 0.6 is 15.9 Å². The van der Waals surface area contributed by atoms with E-state index in [1.165, 1.54) is 34.9 Å². The lowest BCUT2D eigenvalue weighted by Gasteiger charge is -2.24. The monoisotopic (exact) mass is 239 g/mol. The SMILES string of the molecule is CNC1CCc2cc(Br)ccc2C1. The van der Waals surface area contributed by atoms with Gasteiger partial charge in [0.05, 0.1) is 0 Å². The van der Waals surface area contributed by atoms with E-state index in [1.54, 1.807) is 0 Å². The summed E-state index contributed by atoms with van der Waals surface area (Å²) < 4.78 is 1.20. The lowest BCUT2D eigenvalue weighted by atomic mass is 9.88. The van der Waals surface area contributed by atoms with E-state index in [0.717, 1.165) is 0 Å². The highest BCUT2D eigenvalue weighted by Gasteiger charge is 2.16. The first-order valence-electron chi connectivity index (χ1n) is 4.74. The Kier molecular flexibility index (Phi) is 2.70. The Morgan fingerprint density at radius 1 is 1.38 bits per heavy atom. The number of nitrogens with one attached hydrogen (secondary N) is 1. The fourth-order valence-electron chi connectivity index (χ4n) is 1.97. The van der Waals surface area contributed by atoms with Gasteiger partial charge in [0.15, 0.2) is 0 Å². The van der Waals surface area contributed by atoms with Crippen LogP contribution in [-0.4, -0.2) is 13.1 Å². The van der Waals surface area contributed by atoms with Crippen LogP contribution in [0, 0.1) is 0 Å². The average Bonchev–Trinajstić information content (AvgIpc) is 2.17. The number of hydrogen-bond donors (Lipinski definition) is 1. The minimum atomic E-state index is 0.675. The minimum Gasteiger partial charge on any atom is -0.317 e. The van der Waals surface area contributed by atoms with E-state index in [0.29, 0.717) is 6.04 Å². The third kappa shape index (κ3) is 1.94. The van der Waals surface area contributed by atoms with Crippen LogP contribution in [0.2, 0.25) is 0 Å². The predicted octanol–water partition coefficient (Wildman–Crippen LogP) is 2.53. The summed E-state index contributed by atoms with van der Waals surface area (Å²) in [5.74, 6) is 0. The highest BCUT2D eigenvalue weighted by molar-refractivity contribution is 9.10. The van der Waals surface area contributed by atoms with Gasteiger partial charge >= 0.3 is 0 Å². The molecule has 0 heterocycles. The molecule has 1 aliphatic rings. The van der Waals surface area contributed by atoms with Gasteiger partial charge in [-0.3, -0.25) is 0 Å². The zero-order valence-corrected chi connectivity index (χ0v) is 9.39. The van der Waals surface area contributed by atoms with Crippen molar-refractivity contribution < 1.29 is 0 Å². The third-order valence-corrected chi connectivity index (χ3v) is 3.30. The second-order valence-corrected chi connectivity index (χ2v) is 4.56. The van der Waals surface area contributed by atoms with Gasteiger partial charge in [0.2, 0.25) is 0 Å². The van der Waals surface area contributed by atoms with E-state index in [4.69, 9.17) is 0 Å². The summed E-state index contributed by atoms with van der Waals surface area (Å²) in [7, 11) is 2.05. The third-order valence-electron chi connectivity index (χ3n) is 2.81. The molecule has 0 amide bonds. The van der Waals surface area contributed by atoms with Crippen LogP contribution in [0.5, 0.6) is 0 Å². The number of benzene rings is 1. The Hall–Kier alpha value is -0.340. The summed E-state index contributed by atoms with van der Waals surface area (Å²) in [6.07, 6.45) is 3.65. The van der Waals surface area contributed by atoms with Crippen molar-refractivity contribution >= 4 is 15.9 Å². The zero-order valence-electron chi connectivity index (χ0n) is 7.81. The summed E-state index contributed by atoms with van der Waals surface area (Å²) in [5, 5.41) is 3.35. The zero-order chi connectivity index (χ0) is 9.26. The standard InChI is InChI=1S/C11H14BrN/c1-13-11-5-3-8-6-10(12)4-2-9(8)7-11/h2,4,6,11,13H,3,5,7H2,1H3. The first-order valence-corrected chi connectivity index (χ1v) is 5.53. The Bertz CT molecular complexity index is 309. The number of fused-ring (bicyclic) bond motifs is 1. The Labute approximate surface area is 87.7 Å². The molecule has 1 unspecified atom stereocenters. The fraction of sp³-hybridized carbons (Fsp3) is 0.455. The van der Waals surface area contributed by atoms with Gasteiger partial charge < -0.3 is 5.32 Å². The van der Waals surface area contributed by atoms with Gasteiger partial charge in [-0.15, -0.1) is 0 Å². The van der Waals surface area contributed by atoms with Crippen LogP contribution in [0.4, 0.5) is 0 Å². The quantitative estimate of drug-likeness (QED) is 0.795. The van der Waals surface area contributed by atoms with Crippen LogP contribution in [0.25, 0.3) is 0 Å². The summed E-state index contributed by atoms with van der Waals surface area (Å²) in [5.41, 5.74) is 3.02. The van der Waals surface area contributed by atoms with Crippen molar-refractivity contribution in [2.45, 2.75) is 25.3 Å². The molecule has 1 aliphatic carbocycles. The number of likely N-dealkylation sites (N-methyl/N-ethyl adjacent to an activating group) is 1. The topological polar surface area (TPSA) is 12.0 Å². The second kappa shape index (κ2) is 3.81. The molecule has 1 aromatic carbocycles. The molecule has 2 heteroatoms. The Balaban J connectivity index is 2.26. The smallest absolute Gasteiger partial charge is 0.0178 e. The normalized spacial score (nSPS) is 21.2. The largest absolute Gasteiger partial charge is 0.317 e. The van der Waals surface area contributed by atoms with Gasteiger partial charge in [0, 0.05) is 10.5 Å². The maximum absolute atomic E-state index is 3.51. The summed E-state index contributed by atoms with van der Waals surface area (Å²) in [4.78, 5) is 0. The molecule has 1 atom stereocenters. The van der Waals surface area contributed by atoms with E-state index in [-0.39, 0.29) is 0 Å². The molecule has 2 rings (SSSR count). The second-order valence-electron chi connectivity index (χ2n) is 3.64. The van der Waals surface area contributed by atoms with Crippen molar-refractivity contribution in [3.63, 3.8) is 0 Å². The van der Waals surface area contributed by atoms with E-state index in [9.17, 15) is 0 Å². The van der Waals surface area contributed by atoms with E-state index >= 15 is 0 Å². The molecule has 0 fully saturated rings. The van der Waals surface area contributed by atoms with Gasteiger partial charge in [-0.05, 0) is 49.6 Å². The number of aryl methyl sites for hydroxylation is 1. The highest BCUT2D eigenvalue weighted by atomic mass is 79.9. The van der Waals surface area contributed by atoms with Gasteiger partial charge in [-0.2, -0.15) is 0 Å². The first-order chi connectivity index (χ1) is 6.29. The molecule has 1 aromatic rings. The van der Waals surface area contributed by atoms with Crippen molar-refractivity contribution in [2.75, 3.05) is 7.05 Å². The molecular formula is C11H14BrN. The average molecular weight is 240 g/mol. The van der Waals surface area contributed by atoms with Crippen LogP contribution in [0.1, 0.15) is 17.5 Å². The van der Waals surface area contributed by atoms with E-state index in [2.05, 4.69) is 46.5 Å².